The van der Waals surface area contributed by atoms with Crippen molar-refractivity contribution in [3.8, 4) is 0 Å². The summed E-state index contributed by atoms with van der Waals surface area (Å²) in [6.45, 7) is 4.17. The normalized spacial score (nSPS) is 10.7. The second-order valence-electron chi connectivity index (χ2n) is 7.64. The fourth-order valence-corrected chi connectivity index (χ4v) is 4.41. The lowest BCUT2D eigenvalue weighted by molar-refractivity contribution is 0.0696. The van der Waals surface area contributed by atoms with Crippen molar-refractivity contribution < 1.29 is 24.6 Å². The zero-order valence-corrected chi connectivity index (χ0v) is 19.0. The van der Waals surface area contributed by atoms with Crippen molar-refractivity contribution in [2.24, 2.45) is 0 Å². The van der Waals surface area contributed by atoms with Crippen molar-refractivity contribution in [2.45, 2.75) is 90.9 Å². The van der Waals surface area contributed by atoms with E-state index in [2.05, 4.69) is 17.6 Å². The first-order valence-electron chi connectivity index (χ1n) is 11.0. The van der Waals surface area contributed by atoms with E-state index in [9.17, 15) is 19.5 Å². The van der Waals surface area contributed by atoms with Gasteiger partial charge in [-0.25, -0.2) is 14.4 Å². The highest BCUT2D eigenvalue weighted by Gasteiger charge is 2.25. The van der Waals surface area contributed by atoms with Gasteiger partial charge in [0, 0.05) is 6.54 Å². The van der Waals surface area contributed by atoms with Gasteiger partial charge in [0.15, 0.2) is 0 Å². The quantitative estimate of drug-likeness (QED) is 0.226. The van der Waals surface area contributed by atoms with E-state index >= 15 is 0 Å². The Kier molecular flexibility index (Phi) is 12.8. The molecule has 0 saturated carbocycles. The highest BCUT2D eigenvalue weighted by atomic mass is 32.1. The third-order valence-electron chi connectivity index (χ3n) is 5.10. The first kappa shape index (κ1) is 25.9. The summed E-state index contributed by atoms with van der Waals surface area (Å²) in [5.41, 5.74) is -0.0193. The Balaban J connectivity index is 2.17. The monoisotopic (exact) mass is 440 g/mol. The third-order valence-corrected chi connectivity index (χ3v) is 6.29. The minimum Gasteiger partial charge on any atom is -0.478 e. The number of hydrogen-bond acceptors (Lipinski definition) is 4. The Labute approximate surface area is 183 Å². The maximum absolute atomic E-state index is 12.0. The molecule has 170 valence electrons. The molecule has 1 aromatic heterocycles. The Morgan fingerprint density at radius 3 is 1.77 bits per heavy atom. The van der Waals surface area contributed by atoms with E-state index in [1.54, 1.807) is 0 Å². The number of carboxylic acids is 2. The van der Waals surface area contributed by atoms with E-state index < -0.39 is 18.0 Å². The molecule has 0 spiro atoms. The van der Waals surface area contributed by atoms with Crippen LogP contribution in [0.15, 0.2) is 0 Å². The smallest absolute Gasteiger partial charge is 0.346 e. The minimum atomic E-state index is -1.26. The summed E-state index contributed by atoms with van der Waals surface area (Å²) in [6, 6.07) is -0.515. The van der Waals surface area contributed by atoms with Crippen LogP contribution in [-0.2, 0) is 0 Å². The van der Waals surface area contributed by atoms with Crippen LogP contribution < -0.4 is 10.6 Å². The molecule has 0 aromatic carbocycles. The summed E-state index contributed by atoms with van der Waals surface area (Å²) in [6.07, 6.45) is 14.9. The lowest BCUT2D eigenvalue weighted by Gasteiger charge is -2.07. The van der Waals surface area contributed by atoms with E-state index in [1.807, 2.05) is 0 Å². The van der Waals surface area contributed by atoms with Gasteiger partial charge in [0.05, 0.1) is 5.56 Å². The molecule has 0 unspecified atom stereocenters. The van der Waals surface area contributed by atoms with Crippen molar-refractivity contribution >= 4 is 34.3 Å². The number of hydrogen-bond donors (Lipinski definition) is 4. The molecule has 0 radical (unpaired) electrons. The van der Waals surface area contributed by atoms with Gasteiger partial charge in [0.2, 0.25) is 0 Å². The lowest BCUT2D eigenvalue weighted by atomic mass is 10.1. The average molecular weight is 441 g/mol. The third kappa shape index (κ3) is 9.61. The number of thiophene rings is 1. The van der Waals surface area contributed by atoms with Crippen molar-refractivity contribution in [3.05, 3.63) is 16.0 Å². The van der Waals surface area contributed by atoms with Gasteiger partial charge in [0.1, 0.15) is 9.88 Å². The Morgan fingerprint density at radius 2 is 1.30 bits per heavy atom. The summed E-state index contributed by atoms with van der Waals surface area (Å²) in [4.78, 5) is 34.5. The fourth-order valence-electron chi connectivity index (χ4n) is 3.38. The van der Waals surface area contributed by atoms with Gasteiger partial charge in [-0.2, -0.15) is 0 Å². The number of amides is 2. The zero-order chi connectivity index (χ0) is 22.4. The number of carboxylic acid groups (broad SMARTS) is 2. The Morgan fingerprint density at radius 1 is 0.800 bits per heavy atom. The molecule has 1 heterocycles. The number of aromatic carboxylic acids is 2. The van der Waals surface area contributed by atoms with Crippen molar-refractivity contribution in [1.82, 2.24) is 5.32 Å². The van der Waals surface area contributed by atoms with E-state index in [0.29, 0.717) is 6.54 Å². The van der Waals surface area contributed by atoms with Gasteiger partial charge < -0.3 is 15.5 Å². The van der Waals surface area contributed by atoms with E-state index in [4.69, 9.17) is 5.11 Å². The van der Waals surface area contributed by atoms with Crippen LogP contribution in [0.4, 0.5) is 9.80 Å². The molecule has 4 N–H and O–H groups in total. The number of carbonyl (C=O) groups excluding carboxylic acids is 1. The second-order valence-corrected chi connectivity index (χ2v) is 8.66. The van der Waals surface area contributed by atoms with Gasteiger partial charge in [-0.15, -0.1) is 11.3 Å². The van der Waals surface area contributed by atoms with Gasteiger partial charge in [-0.1, -0.05) is 77.6 Å². The van der Waals surface area contributed by atoms with Gasteiger partial charge in [-0.05, 0) is 18.9 Å². The van der Waals surface area contributed by atoms with Crippen molar-refractivity contribution in [3.63, 3.8) is 0 Å². The number of unbranched alkanes of at least 4 members (excludes halogenated alkanes) is 11. The maximum atomic E-state index is 12.0. The molecule has 0 fully saturated rings. The number of carbonyl (C=O) groups is 3. The molecule has 30 heavy (non-hydrogen) atoms. The molecule has 0 aliphatic rings. The molecular formula is C22H36N2O5S. The van der Waals surface area contributed by atoms with Gasteiger partial charge in [0.25, 0.3) is 0 Å². The standard InChI is InChI=1S/C22H36N2O5S/c1-3-4-5-6-7-8-9-10-11-12-13-14-15-23-22(29)24-19-17(20(25)26)16(2)18(30-19)21(27)28/h3-15H2,1-2H3,(H,25,26)(H,27,28)(H2,23,24,29). The summed E-state index contributed by atoms with van der Waals surface area (Å²) >= 11 is 0.761. The van der Waals surface area contributed by atoms with Gasteiger partial charge in [-0.3, -0.25) is 5.32 Å². The van der Waals surface area contributed by atoms with Crippen molar-refractivity contribution in [2.75, 3.05) is 11.9 Å². The van der Waals surface area contributed by atoms with Crippen molar-refractivity contribution in [1.29, 1.82) is 0 Å². The molecule has 8 heteroatoms. The molecule has 1 rings (SSSR count). The Bertz CT molecular complexity index is 687. The van der Waals surface area contributed by atoms with Crippen LogP contribution in [0.1, 0.15) is 110 Å². The Hall–Kier alpha value is -2.09. The largest absolute Gasteiger partial charge is 0.478 e. The van der Waals surface area contributed by atoms with Crippen LogP contribution in [0.25, 0.3) is 0 Å². The zero-order valence-electron chi connectivity index (χ0n) is 18.2. The molecule has 0 aliphatic carbocycles. The molecule has 2 amide bonds. The second kappa shape index (κ2) is 14.8. The van der Waals surface area contributed by atoms with Crippen LogP contribution in [0, 0.1) is 6.92 Å². The molecule has 1 aromatic rings. The molecule has 0 atom stereocenters. The molecule has 0 bridgehead atoms. The average Bonchev–Trinajstić information content (AvgIpc) is 3.01. The summed E-state index contributed by atoms with van der Waals surface area (Å²) in [5, 5.41) is 23.7. The number of urea groups is 1. The number of rotatable bonds is 16. The van der Waals surface area contributed by atoms with Crippen LogP contribution in [0.2, 0.25) is 0 Å². The number of anilines is 1. The predicted octanol–water partition coefficient (Wildman–Crippen LogP) is 6.28. The highest BCUT2D eigenvalue weighted by Crippen LogP contribution is 2.33. The highest BCUT2D eigenvalue weighted by molar-refractivity contribution is 7.18. The molecule has 0 saturated heterocycles. The fraction of sp³-hybridized carbons (Fsp3) is 0.682. The lowest BCUT2D eigenvalue weighted by Crippen LogP contribution is -2.29. The van der Waals surface area contributed by atoms with Crippen LogP contribution in [0.3, 0.4) is 0 Å². The summed E-state index contributed by atoms with van der Waals surface area (Å²) in [5.74, 6) is -2.46. The predicted molar refractivity (Wildman–Crippen MR) is 121 cm³/mol. The molecule has 0 aliphatic heterocycles. The van der Waals surface area contributed by atoms with E-state index in [0.717, 1.165) is 30.6 Å². The summed E-state index contributed by atoms with van der Waals surface area (Å²) in [7, 11) is 0. The first-order chi connectivity index (χ1) is 14.4. The number of nitrogens with one attached hydrogen (secondary N) is 2. The van der Waals surface area contributed by atoms with Crippen LogP contribution >= 0.6 is 11.3 Å². The maximum Gasteiger partial charge on any atom is 0.346 e. The first-order valence-corrected chi connectivity index (χ1v) is 11.8. The van der Waals surface area contributed by atoms with Gasteiger partial charge >= 0.3 is 18.0 Å². The van der Waals surface area contributed by atoms with E-state index in [1.165, 1.54) is 64.7 Å². The molecule has 7 nitrogen and oxygen atoms in total. The molecular weight excluding hydrogens is 404 g/mol. The van der Waals surface area contributed by atoms with E-state index in [-0.39, 0.29) is 21.0 Å². The van der Waals surface area contributed by atoms with Crippen LogP contribution in [0.5, 0.6) is 0 Å². The topological polar surface area (TPSA) is 116 Å². The SMILES string of the molecule is CCCCCCCCCCCCCCNC(=O)Nc1sc(C(=O)O)c(C)c1C(=O)O. The van der Waals surface area contributed by atoms with Crippen LogP contribution in [-0.4, -0.2) is 34.7 Å². The minimum absolute atomic E-state index is 0.0459. The summed E-state index contributed by atoms with van der Waals surface area (Å²) < 4.78 is 0.